The maximum absolute atomic E-state index is 5.63. The van der Waals surface area contributed by atoms with E-state index in [9.17, 15) is 0 Å². The van der Waals surface area contributed by atoms with Gasteiger partial charge in [-0.15, -0.1) is 11.3 Å². The molecule has 1 rings (SSSR count). The highest BCUT2D eigenvalue weighted by Crippen LogP contribution is 2.22. The molecule has 5 heteroatoms. The van der Waals surface area contributed by atoms with Crippen molar-refractivity contribution in [3.05, 3.63) is 15.6 Å². The fraction of sp³-hybridized carbons (Fsp3) is 0.556. The van der Waals surface area contributed by atoms with E-state index in [2.05, 4.69) is 18.8 Å². The molecule has 0 aliphatic rings. The Labute approximate surface area is 98.3 Å². The Hall–Kier alpha value is -0.130. The number of hydrogen-bond donors (Lipinski definition) is 1. The van der Waals surface area contributed by atoms with Gasteiger partial charge in [-0.3, -0.25) is 0 Å². The zero-order valence-corrected chi connectivity index (χ0v) is 10.8. The van der Waals surface area contributed by atoms with E-state index >= 15 is 0 Å². The van der Waals surface area contributed by atoms with Gasteiger partial charge < -0.3 is 5.73 Å². The van der Waals surface area contributed by atoms with E-state index in [1.807, 2.05) is 11.8 Å². The molecule has 0 saturated carbocycles. The normalized spacial score (nSPS) is 10.4. The maximum atomic E-state index is 5.63. The van der Waals surface area contributed by atoms with Gasteiger partial charge in [-0.05, 0) is 12.2 Å². The summed E-state index contributed by atoms with van der Waals surface area (Å²) >= 11 is 8.49. The van der Waals surface area contributed by atoms with Crippen molar-refractivity contribution in [2.75, 3.05) is 5.75 Å². The third kappa shape index (κ3) is 2.93. The summed E-state index contributed by atoms with van der Waals surface area (Å²) in [5.74, 6) is 2.08. The molecule has 0 fully saturated rings. The lowest BCUT2D eigenvalue weighted by molar-refractivity contribution is 1.04. The smallest absolute Gasteiger partial charge is 0.116 e. The number of aromatic nitrogens is 1. The van der Waals surface area contributed by atoms with Crippen LogP contribution in [-0.4, -0.2) is 15.7 Å². The van der Waals surface area contributed by atoms with Gasteiger partial charge in [0.25, 0.3) is 0 Å². The molecule has 0 bridgehead atoms. The number of hydrogen-bond acceptors (Lipinski definition) is 4. The quantitative estimate of drug-likeness (QED) is 0.811. The molecule has 2 N–H and O–H groups in total. The van der Waals surface area contributed by atoms with Crippen LogP contribution in [0.15, 0.2) is 0 Å². The first-order valence-corrected chi connectivity index (χ1v) is 6.93. The van der Waals surface area contributed by atoms with E-state index in [0.717, 1.165) is 33.5 Å². The fourth-order valence-corrected chi connectivity index (χ4v) is 3.06. The summed E-state index contributed by atoms with van der Waals surface area (Å²) in [6.45, 7) is 4.22. The van der Waals surface area contributed by atoms with Crippen LogP contribution in [0.2, 0.25) is 0 Å². The van der Waals surface area contributed by atoms with Crippen molar-refractivity contribution < 1.29 is 0 Å². The van der Waals surface area contributed by atoms with Crippen molar-refractivity contribution >= 4 is 40.3 Å². The first-order chi connectivity index (χ1) is 6.69. The van der Waals surface area contributed by atoms with Crippen LogP contribution in [0.3, 0.4) is 0 Å². The van der Waals surface area contributed by atoms with Crippen LogP contribution >= 0.6 is 35.3 Å². The summed E-state index contributed by atoms with van der Waals surface area (Å²) in [5.41, 5.74) is 6.68. The average Bonchev–Trinajstić information content (AvgIpc) is 2.57. The molecular weight excluding hydrogens is 232 g/mol. The van der Waals surface area contributed by atoms with Crippen molar-refractivity contribution in [3.63, 3.8) is 0 Å². The average molecular weight is 246 g/mol. The monoisotopic (exact) mass is 246 g/mol. The molecule has 1 heterocycles. The Bertz CT molecular complexity index is 320. The Kier molecular flexibility index (Phi) is 4.84. The van der Waals surface area contributed by atoms with E-state index in [1.54, 1.807) is 11.3 Å². The first-order valence-electron chi connectivity index (χ1n) is 4.55. The number of aryl methyl sites for hydroxylation is 1. The molecule has 78 valence electrons. The Morgan fingerprint density at radius 2 is 2.29 bits per heavy atom. The molecule has 0 atom stereocenters. The lowest BCUT2D eigenvalue weighted by atomic mass is 10.3. The van der Waals surface area contributed by atoms with Gasteiger partial charge in [0.05, 0.1) is 10.6 Å². The number of thioether (sulfide) groups is 1. The molecule has 1 aromatic rings. The summed E-state index contributed by atoms with van der Waals surface area (Å²) < 4.78 is 0. The van der Waals surface area contributed by atoms with Crippen LogP contribution in [0.4, 0.5) is 0 Å². The van der Waals surface area contributed by atoms with E-state index in [-0.39, 0.29) is 0 Å². The van der Waals surface area contributed by atoms with Gasteiger partial charge in [-0.1, -0.05) is 26.1 Å². The number of nitrogens with two attached hydrogens (primary N) is 1. The molecule has 1 aromatic heterocycles. The third-order valence-corrected chi connectivity index (χ3v) is 4.26. The van der Waals surface area contributed by atoms with E-state index in [4.69, 9.17) is 18.0 Å². The van der Waals surface area contributed by atoms with Crippen molar-refractivity contribution in [1.29, 1.82) is 0 Å². The van der Waals surface area contributed by atoms with Gasteiger partial charge >= 0.3 is 0 Å². The lowest BCUT2D eigenvalue weighted by Crippen LogP contribution is -2.09. The zero-order valence-electron chi connectivity index (χ0n) is 8.37. The second-order valence-electron chi connectivity index (χ2n) is 2.74. The van der Waals surface area contributed by atoms with Gasteiger partial charge in [0.2, 0.25) is 0 Å². The molecule has 0 radical (unpaired) electrons. The fourth-order valence-electron chi connectivity index (χ4n) is 1.08. The van der Waals surface area contributed by atoms with Gasteiger partial charge in [0, 0.05) is 5.75 Å². The predicted molar refractivity (Wildman–Crippen MR) is 69.2 cm³/mol. The SMILES string of the molecule is CCSCc1nc(CC)c(C(N)=S)s1. The molecule has 0 unspecified atom stereocenters. The molecule has 14 heavy (non-hydrogen) atoms. The van der Waals surface area contributed by atoms with Gasteiger partial charge in [-0.25, -0.2) is 4.98 Å². The summed E-state index contributed by atoms with van der Waals surface area (Å²) in [6.07, 6.45) is 0.903. The van der Waals surface area contributed by atoms with Crippen molar-refractivity contribution in [3.8, 4) is 0 Å². The zero-order chi connectivity index (χ0) is 10.6. The van der Waals surface area contributed by atoms with Crippen LogP contribution in [0.1, 0.15) is 29.4 Å². The van der Waals surface area contributed by atoms with Crippen molar-refractivity contribution in [1.82, 2.24) is 4.98 Å². The van der Waals surface area contributed by atoms with Crippen LogP contribution in [0, 0.1) is 0 Å². The molecule has 0 amide bonds. The molecule has 0 spiro atoms. The Balaban J connectivity index is 2.83. The highest BCUT2D eigenvalue weighted by atomic mass is 32.2. The van der Waals surface area contributed by atoms with E-state index in [1.165, 1.54) is 0 Å². The van der Waals surface area contributed by atoms with Crippen LogP contribution in [0.25, 0.3) is 0 Å². The summed E-state index contributed by atoms with van der Waals surface area (Å²) in [4.78, 5) is 5.99. The molecule has 2 nitrogen and oxygen atoms in total. The molecule has 0 aliphatic heterocycles. The Morgan fingerprint density at radius 3 is 2.71 bits per heavy atom. The van der Waals surface area contributed by atoms with Crippen LogP contribution < -0.4 is 5.73 Å². The molecule has 0 aliphatic carbocycles. The van der Waals surface area contributed by atoms with Gasteiger partial charge in [0.1, 0.15) is 10.00 Å². The molecular formula is C9H14N2S3. The minimum atomic E-state index is 0.479. The topological polar surface area (TPSA) is 38.9 Å². The van der Waals surface area contributed by atoms with Crippen LogP contribution in [-0.2, 0) is 12.2 Å². The van der Waals surface area contributed by atoms with E-state index in [0.29, 0.717) is 4.99 Å². The van der Waals surface area contributed by atoms with Crippen LogP contribution in [0.5, 0.6) is 0 Å². The van der Waals surface area contributed by atoms with Crippen molar-refractivity contribution in [2.24, 2.45) is 5.73 Å². The highest BCUT2D eigenvalue weighted by Gasteiger charge is 2.11. The second kappa shape index (κ2) is 5.68. The largest absolute Gasteiger partial charge is 0.389 e. The van der Waals surface area contributed by atoms with Gasteiger partial charge in [0.15, 0.2) is 0 Å². The maximum Gasteiger partial charge on any atom is 0.116 e. The van der Waals surface area contributed by atoms with Gasteiger partial charge in [-0.2, -0.15) is 11.8 Å². The lowest BCUT2D eigenvalue weighted by Gasteiger charge is -1.93. The number of nitrogens with zero attached hydrogens (tertiary/aromatic N) is 1. The first kappa shape index (κ1) is 11.9. The number of rotatable bonds is 5. The number of thiocarbonyl (C=S) groups is 1. The second-order valence-corrected chi connectivity index (χ2v) is 5.54. The Morgan fingerprint density at radius 1 is 1.57 bits per heavy atom. The minimum absolute atomic E-state index is 0.479. The highest BCUT2D eigenvalue weighted by molar-refractivity contribution is 7.98. The molecule has 0 aromatic carbocycles. The predicted octanol–water partition coefficient (Wildman–Crippen LogP) is 2.59. The molecule has 0 saturated heterocycles. The summed E-state index contributed by atoms with van der Waals surface area (Å²) in [5, 5.41) is 1.14. The minimum Gasteiger partial charge on any atom is -0.389 e. The summed E-state index contributed by atoms with van der Waals surface area (Å²) in [6, 6.07) is 0. The van der Waals surface area contributed by atoms with Crippen molar-refractivity contribution in [2.45, 2.75) is 26.0 Å². The standard InChI is InChI=1S/C9H14N2S3/c1-3-6-8(9(10)12)14-7(11-6)5-13-4-2/h3-5H2,1-2H3,(H2,10,12). The van der Waals surface area contributed by atoms with E-state index < -0.39 is 0 Å². The third-order valence-electron chi connectivity index (χ3n) is 1.73. The summed E-state index contributed by atoms with van der Waals surface area (Å²) in [7, 11) is 0. The number of thiazole rings is 1.